The zero-order chi connectivity index (χ0) is 24.0. The number of nitrogen functional groups attached to an aromatic ring is 1. The van der Waals surface area contributed by atoms with E-state index < -0.39 is 7.82 Å². The predicted octanol–water partition coefficient (Wildman–Crippen LogP) is 5.77. The van der Waals surface area contributed by atoms with Crippen LogP contribution in [0.2, 0.25) is 0 Å². The highest BCUT2D eigenvalue weighted by molar-refractivity contribution is 7.99. The Morgan fingerprint density at radius 2 is 1.82 bits per heavy atom. The molecule has 0 bridgehead atoms. The van der Waals surface area contributed by atoms with Gasteiger partial charge in [-0.1, -0.05) is 67.3 Å². The lowest BCUT2D eigenvalue weighted by Crippen LogP contribution is -2.27. The van der Waals surface area contributed by atoms with E-state index in [0.29, 0.717) is 27.7 Å². The Labute approximate surface area is 202 Å². The highest BCUT2D eigenvalue weighted by Crippen LogP contribution is 2.47. The van der Waals surface area contributed by atoms with Crippen LogP contribution in [0.5, 0.6) is 0 Å². The number of phosphoric acid groups is 1. The minimum atomic E-state index is -3.60. The number of phosphoric ester groups is 1. The summed E-state index contributed by atoms with van der Waals surface area (Å²) in [5.41, 5.74) is 7.70. The Balaban J connectivity index is 1.88. The number of thiazole rings is 1. The van der Waals surface area contributed by atoms with Gasteiger partial charge in [0.15, 0.2) is 21.8 Å². The summed E-state index contributed by atoms with van der Waals surface area (Å²) in [7, 11) is -1.01. The smallest absolute Gasteiger partial charge is 0.375 e. The zero-order valence-corrected chi connectivity index (χ0v) is 21.9. The molecule has 1 aromatic carbocycles. The molecule has 0 saturated carbocycles. The first-order valence-electron chi connectivity index (χ1n) is 10.5. The van der Waals surface area contributed by atoms with Crippen LogP contribution in [0.15, 0.2) is 35.5 Å². The fraction of sp³-hybridized carbons (Fsp3) is 0.476. The van der Waals surface area contributed by atoms with Crippen LogP contribution in [0.1, 0.15) is 38.0 Å². The van der Waals surface area contributed by atoms with E-state index in [9.17, 15) is 4.57 Å². The van der Waals surface area contributed by atoms with Crippen molar-refractivity contribution in [1.82, 2.24) is 15.0 Å². The molecule has 0 aliphatic carbocycles. The molecule has 9 nitrogen and oxygen atoms in total. The molecule has 2 unspecified atom stereocenters. The molecule has 33 heavy (non-hydrogen) atoms. The second-order valence-electron chi connectivity index (χ2n) is 7.81. The first kappa shape index (κ1) is 25.9. The van der Waals surface area contributed by atoms with Gasteiger partial charge in [-0.15, -0.1) is 0 Å². The molecule has 12 heteroatoms. The number of hydrogen-bond donors (Lipinski definition) is 2. The summed E-state index contributed by atoms with van der Waals surface area (Å²) < 4.78 is 28.4. The third-order valence-electron chi connectivity index (χ3n) is 4.78. The summed E-state index contributed by atoms with van der Waals surface area (Å²) in [6.45, 7) is 6.42. The van der Waals surface area contributed by atoms with E-state index in [0.717, 1.165) is 11.1 Å². The Morgan fingerprint density at radius 3 is 2.45 bits per heavy atom. The normalized spacial score (nSPS) is 14.0. The molecule has 2 atom stereocenters. The average molecular weight is 512 g/mol. The monoisotopic (exact) mass is 511 g/mol. The van der Waals surface area contributed by atoms with Crippen LogP contribution in [0.3, 0.4) is 0 Å². The molecule has 2 heterocycles. The highest BCUT2D eigenvalue weighted by atomic mass is 32.2. The van der Waals surface area contributed by atoms with Gasteiger partial charge in [0.1, 0.15) is 4.70 Å². The molecule has 180 valence electrons. The molecule has 0 amide bonds. The molecule has 0 aliphatic heterocycles. The second kappa shape index (κ2) is 11.6. The lowest BCUT2D eigenvalue weighted by Gasteiger charge is -2.23. The molecule has 3 N–H and O–H groups in total. The van der Waals surface area contributed by atoms with Gasteiger partial charge in [-0.05, 0) is 24.8 Å². The first-order chi connectivity index (χ1) is 15.7. The minimum absolute atomic E-state index is 0.111. The molecule has 0 saturated heterocycles. The fourth-order valence-corrected chi connectivity index (χ4v) is 5.55. The topological polar surface area (TPSA) is 121 Å². The van der Waals surface area contributed by atoms with Crippen LogP contribution in [0, 0.1) is 5.92 Å². The number of thioether (sulfide) groups is 1. The van der Waals surface area contributed by atoms with E-state index in [2.05, 4.69) is 48.2 Å². The number of hydrogen-bond acceptors (Lipinski definition) is 11. The van der Waals surface area contributed by atoms with Crippen molar-refractivity contribution in [2.45, 2.75) is 43.6 Å². The Bertz CT molecular complexity index is 1090. The number of nitrogens with two attached hydrogens (primary N) is 1. The van der Waals surface area contributed by atoms with Gasteiger partial charge in [-0.25, -0.2) is 19.5 Å². The van der Waals surface area contributed by atoms with Gasteiger partial charge in [0.25, 0.3) is 0 Å². The van der Waals surface area contributed by atoms with Gasteiger partial charge in [0.2, 0.25) is 0 Å². The number of nitrogens with one attached hydrogen (secondary N) is 1. The predicted molar refractivity (Wildman–Crippen MR) is 135 cm³/mol. The van der Waals surface area contributed by atoms with Crippen LogP contribution >= 0.6 is 30.9 Å². The van der Waals surface area contributed by atoms with Crippen molar-refractivity contribution in [3.63, 3.8) is 0 Å². The zero-order valence-electron chi connectivity index (χ0n) is 19.3. The van der Waals surface area contributed by atoms with Gasteiger partial charge in [0, 0.05) is 19.5 Å². The van der Waals surface area contributed by atoms with E-state index in [1.54, 1.807) is 11.8 Å². The molecule has 3 aromatic rings. The fourth-order valence-electron chi connectivity index (χ4n) is 3.21. The molecule has 0 aliphatic rings. The summed E-state index contributed by atoms with van der Waals surface area (Å²) in [6, 6.07) is 9.98. The van der Waals surface area contributed by atoms with Crippen molar-refractivity contribution in [3.8, 4) is 0 Å². The van der Waals surface area contributed by atoms with Gasteiger partial charge < -0.3 is 11.1 Å². The maximum atomic E-state index is 12.4. The van der Waals surface area contributed by atoms with E-state index in [-0.39, 0.29) is 17.9 Å². The SMILES string of the molecule is COP(=O)(OC)OCC(CC(C)C)Nc1nc(SC(C)c2ccccc2)nc2nc(N)sc12. The van der Waals surface area contributed by atoms with Gasteiger partial charge in [-0.2, -0.15) is 0 Å². The van der Waals surface area contributed by atoms with Crippen molar-refractivity contribution in [2.75, 3.05) is 31.9 Å². The summed E-state index contributed by atoms with van der Waals surface area (Å²) in [6.07, 6.45) is 0.746. The van der Waals surface area contributed by atoms with Crippen molar-refractivity contribution in [1.29, 1.82) is 0 Å². The van der Waals surface area contributed by atoms with E-state index in [1.165, 1.54) is 31.1 Å². The number of benzene rings is 1. The first-order valence-corrected chi connectivity index (χ1v) is 13.7. The number of rotatable bonds is 12. The van der Waals surface area contributed by atoms with Gasteiger partial charge in [0.05, 0.1) is 12.6 Å². The summed E-state index contributed by atoms with van der Waals surface area (Å²) in [5.74, 6) is 0.974. The van der Waals surface area contributed by atoms with Crippen molar-refractivity contribution >= 4 is 52.2 Å². The second-order valence-corrected chi connectivity index (χ2v) is 12.0. The largest absolute Gasteiger partial charge is 0.474 e. The Hall–Kier alpha value is -1.75. The van der Waals surface area contributed by atoms with Crippen LogP contribution in [0.25, 0.3) is 10.3 Å². The summed E-state index contributed by atoms with van der Waals surface area (Å²) in [4.78, 5) is 13.8. The highest BCUT2D eigenvalue weighted by Gasteiger charge is 2.26. The van der Waals surface area contributed by atoms with Gasteiger partial charge in [-0.3, -0.25) is 13.6 Å². The summed E-state index contributed by atoms with van der Waals surface area (Å²) in [5, 5.41) is 4.59. The molecular weight excluding hydrogens is 481 g/mol. The van der Waals surface area contributed by atoms with Crippen molar-refractivity contribution in [3.05, 3.63) is 35.9 Å². The maximum Gasteiger partial charge on any atom is 0.474 e. The quantitative estimate of drug-likeness (QED) is 0.176. The van der Waals surface area contributed by atoms with E-state index >= 15 is 0 Å². The molecular formula is C21H30N5O4PS2. The van der Waals surface area contributed by atoms with Crippen molar-refractivity contribution < 1.29 is 18.1 Å². The molecule has 3 rings (SSSR count). The summed E-state index contributed by atoms with van der Waals surface area (Å²) >= 11 is 2.87. The third-order valence-corrected chi connectivity index (χ3v) is 8.04. The lowest BCUT2D eigenvalue weighted by atomic mass is 10.0. The van der Waals surface area contributed by atoms with Gasteiger partial charge >= 0.3 is 7.82 Å². The minimum Gasteiger partial charge on any atom is -0.375 e. The molecule has 2 aromatic heterocycles. The lowest BCUT2D eigenvalue weighted by molar-refractivity contribution is 0.144. The van der Waals surface area contributed by atoms with Crippen molar-refractivity contribution in [2.24, 2.45) is 5.92 Å². The number of aromatic nitrogens is 3. The number of fused-ring (bicyclic) bond motifs is 1. The van der Waals surface area contributed by atoms with E-state index in [4.69, 9.17) is 24.3 Å². The Morgan fingerprint density at radius 1 is 1.12 bits per heavy atom. The van der Waals surface area contributed by atoms with Crippen LogP contribution in [-0.2, 0) is 18.1 Å². The van der Waals surface area contributed by atoms with Crippen LogP contribution in [-0.4, -0.2) is 41.8 Å². The molecule has 0 radical (unpaired) electrons. The van der Waals surface area contributed by atoms with Crippen LogP contribution in [0.4, 0.5) is 10.9 Å². The number of nitrogens with zero attached hydrogens (tertiary/aromatic N) is 3. The van der Waals surface area contributed by atoms with E-state index in [1.807, 2.05) is 18.2 Å². The average Bonchev–Trinajstić information content (AvgIpc) is 3.18. The number of anilines is 2. The third kappa shape index (κ3) is 7.11. The molecule has 0 fully saturated rings. The maximum absolute atomic E-state index is 12.4. The standard InChI is InChI=1S/C21H30N5O4PS2/c1-13(2)11-16(12-30-31(27,28-4)29-5)23-18-17-19(24-20(22)33-17)26-21(25-18)32-14(3)15-9-7-6-8-10-15/h6-10,13-14,16H,11-12H2,1-5H3,(H3,22,23,24,25,26). The molecule has 0 spiro atoms. The van der Waals surface area contributed by atoms with Crippen LogP contribution < -0.4 is 11.1 Å². The Kier molecular flexibility index (Phi) is 9.09.